The van der Waals surface area contributed by atoms with E-state index in [1.807, 2.05) is 6.07 Å². The Labute approximate surface area is 221 Å². The minimum atomic E-state index is -4.62. The van der Waals surface area contributed by atoms with Gasteiger partial charge in [0.1, 0.15) is 23.3 Å². The number of alkyl halides is 3. The Morgan fingerprint density at radius 1 is 1.18 bits per heavy atom. The van der Waals surface area contributed by atoms with Crippen molar-refractivity contribution in [2.45, 2.75) is 56.8 Å². The predicted octanol–water partition coefficient (Wildman–Crippen LogP) is 3.63. The molecule has 0 bridgehead atoms. The van der Waals surface area contributed by atoms with Gasteiger partial charge in [-0.2, -0.15) is 27.9 Å². The number of carbonyl (C=O) groups is 1. The molecule has 1 saturated heterocycles. The molecule has 5 rings (SSSR count). The number of pyridine rings is 1. The number of carbonyl (C=O) groups excluding carboxylic acids is 1. The molecule has 4 heterocycles. The molecule has 2 fully saturated rings. The third kappa shape index (κ3) is 5.98. The molecule has 1 saturated carbocycles. The maximum Gasteiger partial charge on any atom is 0.422 e. The average Bonchev–Trinajstić information content (AvgIpc) is 3.59. The van der Waals surface area contributed by atoms with E-state index in [0.717, 1.165) is 32.1 Å². The lowest BCUT2D eigenvalue weighted by Crippen LogP contribution is -2.36. The molecule has 0 unspecified atom stereocenters. The van der Waals surface area contributed by atoms with Crippen LogP contribution in [0.4, 0.5) is 30.5 Å². The fourth-order valence-electron chi connectivity index (χ4n) is 4.84. The summed E-state index contributed by atoms with van der Waals surface area (Å²) >= 11 is 0. The minimum absolute atomic E-state index is 0.0622. The Morgan fingerprint density at radius 2 is 1.95 bits per heavy atom. The van der Waals surface area contributed by atoms with E-state index in [0.29, 0.717) is 31.0 Å². The number of nitrogens with zero attached hydrogens (tertiary/aromatic N) is 6. The highest BCUT2D eigenvalue weighted by molar-refractivity contribution is 5.97. The molecule has 0 radical (unpaired) electrons. The number of likely N-dealkylation sites (tertiary alicyclic amines) is 1. The van der Waals surface area contributed by atoms with Crippen LogP contribution in [0.15, 0.2) is 24.4 Å². The summed E-state index contributed by atoms with van der Waals surface area (Å²) in [5.74, 6) is -0.424. The summed E-state index contributed by atoms with van der Waals surface area (Å²) in [7, 11) is 0. The summed E-state index contributed by atoms with van der Waals surface area (Å²) in [6.45, 7) is -0.578. The molecule has 14 heteroatoms. The molecule has 0 spiro atoms. The first-order valence-corrected chi connectivity index (χ1v) is 12.7. The van der Waals surface area contributed by atoms with Crippen molar-refractivity contribution >= 4 is 28.9 Å². The molecule has 1 aliphatic carbocycles. The van der Waals surface area contributed by atoms with Crippen molar-refractivity contribution in [3.8, 4) is 11.9 Å². The summed E-state index contributed by atoms with van der Waals surface area (Å²) in [5.41, 5.74) is 0.729. The summed E-state index contributed by atoms with van der Waals surface area (Å²) in [6.07, 6.45) is 1.08. The first kappa shape index (κ1) is 26.5. The molecule has 3 N–H and O–H groups in total. The molecule has 3 aromatic heterocycles. The van der Waals surface area contributed by atoms with E-state index in [-0.39, 0.29) is 28.8 Å². The van der Waals surface area contributed by atoms with Crippen molar-refractivity contribution in [2.75, 3.05) is 30.3 Å². The predicted molar refractivity (Wildman–Crippen MR) is 134 cm³/mol. The van der Waals surface area contributed by atoms with Crippen molar-refractivity contribution < 1.29 is 27.8 Å². The van der Waals surface area contributed by atoms with Crippen molar-refractivity contribution in [1.29, 1.82) is 5.26 Å². The lowest BCUT2D eigenvalue weighted by Gasteiger charge is -2.28. The number of imidazole rings is 1. The number of ether oxygens (including phenoxy) is 1. The Hall–Kier alpha value is -4.12. The van der Waals surface area contributed by atoms with Crippen molar-refractivity contribution in [3.63, 3.8) is 0 Å². The third-order valence-corrected chi connectivity index (χ3v) is 6.76. The molecule has 1 amide bonds. The molecule has 11 nitrogen and oxygen atoms in total. The number of anilines is 3. The Morgan fingerprint density at radius 3 is 2.67 bits per heavy atom. The average molecular weight is 545 g/mol. The Bertz CT molecular complexity index is 1400. The van der Waals surface area contributed by atoms with Gasteiger partial charge in [-0.15, -0.1) is 5.10 Å². The summed E-state index contributed by atoms with van der Waals surface area (Å²) < 4.78 is 45.2. The van der Waals surface area contributed by atoms with Crippen LogP contribution < -0.4 is 15.4 Å². The number of halogens is 3. The smallest absolute Gasteiger partial charge is 0.422 e. The number of fused-ring (bicyclic) bond motifs is 1. The number of nitrogens with one attached hydrogen (secondary N) is 2. The first-order valence-electron chi connectivity index (χ1n) is 12.7. The van der Waals surface area contributed by atoms with Gasteiger partial charge in [-0.25, -0.2) is 4.98 Å². The monoisotopic (exact) mass is 544 g/mol. The lowest BCUT2D eigenvalue weighted by atomic mass is 9.92. The van der Waals surface area contributed by atoms with Gasteiger partial charge in [0.2, 0.25) is 5.88 Å². The number of aromatic nitrogens is 4. The highest BCUT2D eigenvalue weighted by atomic mass is 19.4. The summed E-state index contributed by atoms with van der Waals surface area (Å²) in [6, 6.07) is 6.24. The zero-order valence-electron chi connectivity index (χ0n) is 20.9. The van der Waals surface area contributed by atoms with Gasteiger partial charge >= 0.3 is 6.18 Å². The normalized spacial score (nSPS) is 19.6. The van der Waals surface area contributed by atoms with Crippen LogP contribution >= 0.6 is 0 Å². The van der Waals surface area contributed by atoms with Crippen LogP contribution in [0.3, 0.4) is 0 Å². The highest BCUT2D eigenvalue weighted by Crippen LogP contribution is 2.29. The van der Waals surface area contributed by atoms with E-state index in [9.17, 15) is 28.3 Å². The fourth-order valence-corrected chi connectivity index (χ4v) is 4.84. The van der Waals surface area contributed by atoms with Crippen LogP contribution in [0.25, 0.3) is 5.65 Å². The van der Waals surface area contributed by atoms with Gasteiger partial charge in [0, 0.05) is 19.2 Å². The quantitative estimate of drug-likeness (QED) is 0.407. The molecule has 2 aliphatic rings. The molecular weight excluding hydrogens is 517 g/mol. The minimum Gasteiger partial charge on any atom is -0.467 e. The van der Waals surface area contributed by atoms with E-state index in [1.54, 1.807) is 11.0 Å². The van der Waals surface area contributed by atoms with Crippen LogP contribution in [0, 0.1) is 11.3 Å². The molecule has 2 atom stereocenters. The molecule has 39 heavy (non-hydrogen) atoms. The van der Waals surface area contributed by atoms with Crippen LogP contribution in [0.5, 0.6) is 5.88 Å². The SMILES string of the molecule is N#Cc1cnc2c(Nc3ccc(C(=O)N4CCCC4)c(OCC(F)(F)F)n3)cc(N[C@@H]3CCCC[C@H]3O)nn12. The Kier molecular flexibility index (Phi) is 7.42. The molecular formula is C25H27F3N8O3. The van der Waals surface area contributed by atoms with Crippen molar-refractivity contribution in [3.05, 3.63) is 35.7 Å². The number of amides is 1. The number of hydrogen-bond donors (Lipinski definition) is 3. The van der Waals surface area contributed by atoms with Crippen LogP contribution in [0.1, 0.15) is 54.6 Å². The standard InChI is InChI=1S/C25H27F3N8O3/c26-25(27,28)14-39-23-16(24(38)35-9-3-4-10-35)7-8-20(33-23)32-18-11-21(31-17-5-1-2-6-19(17)37)34-36-15(12-29)13-30-22(18)36/h7-8,11,13,17,19,37H,1-6,9-10,14H2,(H,31,34)(H,32,33)/t17-,19-/m1/s1. The summed E-state index contributed by atoms with van der Waals surface area (Å²) in [5, 5.41) is 30.6. The van der Waals surface area contributed by atoms with Gasteiger partial charge in [-0.1, -0.05) is 12.8 Å². The number of aliphatic hydroxyl groups is 1. The second-order valence-electron chi connectivity index (χ2n) is 9.61. The van der Waals surface area contributed by atoms with E-state index in [4.69, 9.17) is 4.74 Å². The van der Waals surface area contributed by atoms with E-state index in [1.165, 1.54) is 22.8 Å². The first-order chi connectivity index (χ1) is 18.7. The molecule has 0 aromatic carbocycles. The maximum absolute atomic E-state index is 13.0. The molecule has 206 valence electrons. The van der Waals surface area contributed by atoms with Crippen molar-refractivity contribution in [1.82, 2.24) is 24.5 Å². The van der Waals surface area contributed by atoms with Gasteiger partial charge in [-0.05, 0) is 37.8 Å². The Balaban J connectivity index is 1.48. The van der Waals surface area contributed by atoms with E-state index >= 15 is 0 Å². The molecule has 1 aliphatic heterocycles. The number of aliphatic hydroxyl groups excluding tert-OH is 1. The van der Waals surface area contributed by atoms with Gasteiger partial charge in [-0.3, -0.25) is 4.79 Å². The van der Waals surface area contributed by atoms with Crippen LogP contribution in [0.2, 0.25) is 0 Å². The second-order valence-corrected chi connectivity index (χ2v) is 9.61. The largest absolute Gasteiger partial charge is 0.467 e. The lowest BCUT2D eigenvalue weighted by molar-refractivity contribution is -0.154. The zero-order valence-corrected chi connectivity index (χ0v) is 20.9. The van der Waals surface area contributed by atoms with E-state index in [2.05, 4.69) is 25.7 Å². The van der Waals surface area contributed by atoms with Crippen LogP contribution in [-0.2, 0) is 0 Å². The van der Waals surface area contributed by atoms with Crippen molar-refractivity contribution in [2.24, 2.45) is 0 Å². The number of rotatable bonds is 7. The van der Waals surface area contributed by atoms with Gasteiger partial charge in [0.05, 0.1) is 24.0 Å². The fraction of sp³-hybridized carbons (Fsp3) is 0.480. The van der Waals surface area contributed by atoms with Crippen LogP contribution in [-0.4, -0.2) is 73.5 Å². The number of nitriles is 1. The maximum atomic E-state index is 13.0. The van der Waals surface area contributed by atoms with Gasteiger partial charge < -0.3 is 25.4 Å². The molecule has 3 aromatic rings. The highest BCUT2D eigenvalue weighted by Gasteiger charge is 2.31. The zero-order chi connectivity index (χ0) is 27.6. The van der Waals surface area contributed by atoms with Gasteiger partial charge in [0.15, 0.2) is 17.9 Å². The number of hydrogen-bond acceptors (Lipinski definition) is 9. The van der Waals surface area contributed by atoms with E-state index < -0.39 is 30.7 Å². The topological polar surface area (TPSA) is 141 Å². The third-order valence-electron chi connectivity index (χ3n) is 6.76. The summed E-state index contributed by atoms with van der Waals surface area (Å²) in [4.78, 5) is 23.0. The van der Waals surface area contributed by atoms with Gasteiger partial charge in [0.25, 0.3) is 5.91 Å². The second kappa shape index (κ2) is 10.9.